The number of hydrogen-bond acceptors (Lipinski definition) is 5. The molecule has 0 radical (unpaired) electrons. The Hall–Kier alpha value is -2.90. The zero-order chi connectivity index (χ0) is 15.4. The fourth-order valence-corrected chi connectivity index (χ4v) is 1.67. The molecule has 8 heteroatoms. The lowest BCUT2D eigenvalue weighted by Gasteiger charge is -2.07. The Morgan fingerprint density at radius 1 is 1.38 bits per heavy atom. The number of aromatic nitrogens is 3. The topological polar surface area (TPSA) is 117 Å². The summed E-state index contributed by atoms with van der Waals surface area (Å²) in [5.41, 5.74) is 2.03. The Bertz CT molecular complexity index is 661. The average Bonchev–Trinajstić information content (AvgIpc) is 2.77. The Morgan fingerprint density at radius 3 is 2.76 bits per heavy atom. The van der Waals surface area contributed by atoms with Crippen LogP contribution in [0.5, 0.6) is 5.75 Å². The van der Waals surface area contributed by atoms with E-state index in [0.29, 0.717) is 11.4 Å². The van der Waals surface area contributed by atoms with E-state index in [2.05, 4.69) is 20.5 Å². The molecule has 0 saturated carbocycles. The number of amides is 1. The fourth-order valence-electron chi connectivity index (χ4n) is 1.67. The zero-order valence-corrected chi connectivity index (χ0v) is 11.5. The molecule has 2 heterocycles. The van der Waals surface area contributed by atoms with Crippen molar-refractivity contribution in [2.45, 2.75) is 13.8 Å². The van der Waals surface area contributed by atoms with Gasteiger partial charge in [-0.2, -0.15) is 5.10 Å². The van der Waals surface area contributed by atoms with Gasteiger partial charge < -0.3 is 15.2 Å². The van der Waals surface area contributed by atoms with E-state index in [1.807, 2.05) is 0 Å². The van der Waals surface area contributed by atoms with Crippen molar-refractivity contribution in [1.82, 2.24) is 15.2 Å². The molecule has 2 aromatic rings. The summed E-state index contributed by atoms with van der Waals surface area (Å²) in [6.07, 6.45) is 2.54. The van der Waals surface area contributed by atoms with Crippen LogP contribution in [0.1, 0.15) is 21.7 Å². The SMILES string of the molecule is Cc1n[nH]c(C)c1NC(=O)COc1cncc(C(=O)O)c1. The summed E-state index contributed by atoms with van der Waals surface area (Å²) in [6, 6.07) is 1.30. The molecular formula is C13H14N4O4. The molecule has 0 aliphatic carbocycles. The Morgan fingerprint density at radius 2 is 2.14 bits per heavy atom. The van der Waals surface area contributed by atoms with Gasteiger partial charge in [-0.3, -0.25) is 14.9 Å². The minimum atomic E-state index is -1.11. The number of hydrogen-bond donors (Lipinski definition) is 3. The number of H-pyrrole nitrogens is 1. The van der Waals surface area contributed by atoms with Crippen LogP contribution < -0.4 is 10.1 Å². The summed E-state index contributed by atoms with van der Waals surface area (Å²) in [4.78, 5) is 26.3. The first kappa shape index (κ1) is 14.5. The highest BCUT2D eigenvalue weighted by Crippen LogP contribution is 2.16. The van der Waals surface area contributed by atoms with Crippen LogP contribution in [0.25, 0.3) is 0 Å². The quantitative estimate of drug-likeness (QED) is 0.760. The lowest BCUT2D eigenvalue weighted by Crippen LogP contribution is -2.21. The Balaban J connectivity index is 1.95. The van der Waals surface area contributed by atoms with Crippen LogP contribution in [0.2, 0.25) is 0 Å². The summed E-state index contributed by atoms with van der Waals surface area (Å²) in [5, 5.41) is 18.2. The number of aromatic amines is 1. The summed E-state index contributed by atoms with van der Waals surface area (Å²) in [6.45, 7) is 3.30. The average molecular weight is 290 g/mol. The lowest BCUT2D eigenvalue weighted by atomic mass is 10.3. The van der Waals surface area contributed by atoms with Gasteiger partial charge in [0.1, 0.15) is 5.75 Å². The molecule has 1 amide bonds. The smallest absolute Gasteiger partial charge is 0.337 e. The molecule has 110 valence electrons. The first-order valence-corrected chi connectivity index (χ1v) is 6.10. The minimum absolute atomic E-state index is 0.00516. The molecule has 2 rings (SSSR count). The predicted octanol–water partition coefficient (Wildman–Crippen LogP) is 1.14. The third-order valence-electron chi connectivity index (χ3n) is 2.72. The summed E-state index contributed by atoms with van der Waals surface area (Å²) in [5.74, 6) is -1.27. The van der Waals surface area contributed by atoms with Gasteiger partial charge in [-0.1, -0.05) is 0 Å². The van der Waals surface area contributed by atoms with Crippen LogP contribution in [-0.4, -0.2) is 38.8 Å². The molecule has 0 unspecified atom stereocenters. The molecule has 0 saturated heterocycles. The van der Waals surface area contributed by atoms with E-state index in [9.17, 15) is 9.59 Å². The largest absolute Gasteiger partial charge is 0.482 e. The van der Waals surface area contributed by atoms with Crippen molar-refractivity contribution in [3.63, 3.8) is 0 Å². The van der Waals surface area contributed by atoms with Crippen molar-refractivity contribution in [1.29, 1.82) is 0 Å². The van der Waals surface area contributed by atoms with E-state index < -0.39 is 5.97 Å². The number of anilines is 1. The Kier molecular flexibility index (Phi) is 4.17. The van der Waals surface area contributed by atoms with Gasteiger partial charge in [-0.05, 0) is 19.9 Å². The molecule has 0 atom stereocenters. The number of carboxylic acids is 1. The van der Waals surface area contributed by atoms with Crippen LogP contribution in [0, 0.1) is 13.8 Å². The van der Waals surface area contributed by atoms with Crippen LogP contribution >= 0.6 is 0 Å². The van der Waals surface area contributed by atoms with Gasteiger partial charge in [0, 0.05) is 6.20 Å². The van der Waals surface area contributed by atoms with Gasteiger partial charge >= 0.3 is 5.97 Å². The highest BCUT2D eigenvalue weighted by atomic mass is 16.5. The second-order valence-electron chi connectivity index (χ2n) is 4.36. The van der Waals surface area contributed by atoms with Crippen LogP contribution in [0.15, 0.2) is 18.5 Å². The van der Waals surface area contributed by atoms with Crippen molar-refractivity contribution in [2.75, 3.05) is 11.9 Å². The molecule has 2 aromatic heterocycles. The maximum atomic E-state index is 11.8. The third-order valence-corrected chi connectivity index (χ3v) is 2.72. The standard InChI is InChI=1S/C13H14N4O4/c1-7-12(8(2)17-16-7)15-11(18)6-21-10-3-9(13(19)20)4-14-5-10/h3-5H,6H2,1-2H3,(H,15,18)(H,16,17)(H,19,20). The lowest BCUT2D eigenvalue weighted by molar-refractivity contribution is -0.118. The summed E-state index contributed by atoms with van der Waals surface area (Å²) < 4.78 is 5.22. The number of aryl methyl sites for hydroxylation is 2. The molecular weight excluding hydrogens is 276 g/mol. The van der Waals surface area contributed by atoms with Gasteiger partial charge in [0.05, 0.1) is 28.8 Å². The number of rotatable bonds is 5. The highest BCUT2D eigenvalue weighted by molar-refractivity contribution is 5.93. The van der Waals surface area contributed by atoms with Gasteiger partial charge in [-0.15, -0.1) is 0 Å². The molecule has 0 fully saturated rings. The molecule has 0 aliphatic rings. The van der Waals surface area contributed by atoms with E-state index in [0.717, 1.165) is 5.69 Å². The highest BCUT2D eigenvalue weighted by Gasteiger charge is 2.11. The van der Waals surface area contributed by atoms with Crippen molar-refractivity contribution in [3.8, 4) is 5.75 Å². The van der Waals surface area contributed by atoms with E-state index in [-0.39, 0.29) is 23.8 Å². The van der Waals surface area contributed by atoms with Gasteiger partial charge in [0.25, 0.3) is 5.91 Å². The second kappa shape index (κ2) is 6.04. The number of aromatic carboxylic acids is 1. The molecule has 0 bridgehead atoms. The summed E-state index contributed by atoms with van der Waals surface area (Å²) in [7, 11) is 0. The molecule has 0 spiro atoms. The van der Waals surface area contributed by atoms with Gasteiger partial charge in [-0.25, -0.2) is 4.79 Å². The van der Waals surface area contributed by atoms with Crippen molar-refractivity contribution in [2.24, 2.45) is 0 Å². The second-order valence-corrected chi connectivity index (χ2v) is 4.36. The maximum Gasteiger partial charge on any atom is 0.337 e. The maximum absolute atomic E-state index is 11.8. The van der Waals surface area contributed by atoms with E-state index in [4.69, 9.17) is 9.84 Å². The minimum Gasteiger partial charge on any atom is -0.482 e. The van der Waals surface area contributed by atoms with E-state index in [1.54, 1.807) is 13.8 Å². The molecule has 0 aliphatic heterocycles. The molecule has 3 N–H and O–H groups in total. The third kappa shape index (κ3) is 3.56. The van der Waals surface area contributed by atoms with Gasteiger partial charge in [0.2, 0.25) is 0 Å². The summed E-state index contributed by atoms with van der Waals surface area (Å²) >= 11 is 0. The van der Waals surface area contributed by atoms with Crippen LogP contribution in [0.4, 0.5) is 5.69 Å². The number of ether oxygens (including phenoxy) is 1. The normalized spacial score (nSPS) is 10.2. The van der Waals surface area contributed by atoms with Crippen molar-refractivity contribution in [3.05, 3.63) is 35.4 Å². The van der Waals surface area contributed by atoms with Crippen molar-refractivity contribution < 1.29 is 19.4 Å². The Labute approximate surface area is 120 Å². The molecule has 0 aromatic carbocycles. The van der Waals surface area contributed by atoms with Crippen molar-refractivity contribution >= 4 is 17.6 Å². The monoisotopic (exact) mass is 290 g/mol. The van der Waals surface area contributed by atoms with Crippen LogP contribution in [0.3, 0.4) is 0 Å². The number of carbonyl (C=O) groups is 2. The van der Waals surface area contributed by atoms with Gasteiger partial charge in [0.15, 0.2) is 6.61 Å². The van der Waals surface area contributed by atoms with Crippen LogP contribution in [-0.2, 0) is 4.79 Å². The predicted molar refractivity (Wildman–Crippen MR) is 73.4 cm³/mol. The zero-order valence-electron chi connectivity index (χ0n) is 11.5. The molecule has 21 heavy (non-hydrogen) atoms. The first-order valence-electron chi connectivity index (χ1n) is 6.10. The number of pyridine rings is 1. The molecule has 8 nitrogen and oxygen atoms in total. The number of carbonyl (C=O) groups excluding carboxylic acids is 1. The van der Waals surface area contributed by atoms with E-state index >= 15 is 0 Å². The number of nitrogens with zero attached hydrogens (tertiary/aromatic N) is 2. The number of carboxylic acid groups (broad SMARTS) is 1. The fraction of sp³-hybridized carbons (Fsp3) is 0.231. The van der Waals surface area contributed by atoms with E-state index in [1.165, 1.54) is 18.5 Å². The number of nitrogens with one attached hydrogen (secondary N) is 2. The first-order chi connectivity index (χ1) is 9.97.